The molecular formula is C20H16N4O5S3. The van der Waals surface area contributed by atoms with E-state index in [0.717, 1.165) is 21.1 Å². The number of thiophene rings is 1. The Kier molecular flexibility index (Phi) is 5.75. The number of rotatable bonds is 4. The molecule has 2 N–H and O–H groups in total. The Bertz CT molecular complexity index is 1350. The number of amides is 4. The van der Waals surface area contributed by atoms with Gasteiger partial charge in [0.15, 0.2) is 0 Å². The molecule has 4 amide bonds. The zero-order valence-electron chi connectivity index (χ0n) is 16.5. The lowest BCUT2D eigenvalue weighted by atomic mass is 9.98. The third kappa shape index (κ3) is 4.38. The van der Waals surface area contributed by atoms with Gasteiger partial charge in [0.25, 0.3) is 15.9 Å². The molecule has 12 heteroatoms. The van der Waals surface area contributed by atoms with Crippen molar-refractivity contribution in [1.82, 2.24) is 9.71 Å². The van der Waals surface area contributed by atoms with Crippen molar-refractivity contribution in [3.05, 3.63) is 64.7 Å². The number of thiol groups is 1. The fourth-order valence-electron chi connectivity index (χ4n) is 3.10. The van der Waals surface area contributed by atoms with Gasteiger partial charge in [-0.2, -0.15) is 0 Å². The molecule has 1 aliphatic rings. The molecule has 0 aliphatic carbocycles. The highest BCUT2D eigenvalue weighted by Gasteiger charge is 2.33. The highest BCUT2D eigenvalue weighted by Crippen LogP contribution is 2.26. The number of nitrogens with zero attached hydrogens (tertiary/aromatic N) is 2. The Morgan fingerprint density at radius 1 is 1.16 bits per heavy atom. The van der Waals surface area contributed by atoms with Gasteiger partial charge < -0.3 is 5.32 Å². The molecule has 0 saturated heterocycles. The van der Waals surface area contributed by atoms with E-state index < -0.39 is 27.9 Å². The first-order chi connectivity index (χ1) is 15.1. The van der Waals surface area contributed by atoms with E-state index >= 15 is 0 Å². The number of hydrogen-bond donors (Lipinski definition) is 3. The van der Waals surface area contributed by atoms with Gasteiger partial charge >= 0.3 is 6.03 Å². The molecular weight excluding hydrogens is 472 g/mol. The van der Waals surface area contributed by atoms with Gasteiger partial charge in [0.05, 0.1) is 18.3 Å². The third-order valence-corrected chi connectivity index (χ3v) is 7.66. The average molecular weight is 489 g/mol. The van der Waals surface area contributed by atoms with Crippen LogP contribution in [0.4, 0.5) is 16.3 Å². The minimum Gasteiger partial charge on any atom is -0.306 e. The van der Waals surface area contributed by atoms with Crippen LogP contribution in [0.5, 0.6) is 0 Å². The number of aromatic nitrogens is 1. The summed E-state index contributed by atoms with van der Waals surface area (Å²) in [5.74, 6) is -0.865. The number of imide groups is 1. The number of urea groups is 1. The lowest BCUT2D eigenvalue weighted by Gasteiger charge is -2.26. The maximum Gasteiger partial charge on any atom is 0.333 e. The predicted octanol–water partition coefficient (Wildman–Crippen LogP) is 2.98. The van der Waals surface area contributed by atoms with Crippen LogP contribution in [0.3, 0.4) is 0 Å². The minimum atomic E-state index is -4.00. The standard InChI is InChI=1S/C20H16N4O5S3/c1-11-2-7-18(31-11)32(28,29)23-20(27)22-13-4-6-16(21-10-13)24-17(25)8-12-3-5-14(30)9-15(12)19(24)26/h2-7,9-10,30H,8H2,1H3,(H2,22,23,27). The van der Waals surface area contributed by atoms with Crippen molar-refractivity contribution in [2.45, 2.75) is 22.4 Å². The summed E-state index contributed by atoms with van der Waals surface area (Å²) >= 11 is 5.28. The average Bonchev–Trinajstić information content (AvgIpc) is 3.17. The van der Waals surface area contributed by atoms with Crippen LogP contribution in [0.25, 0.3) is 0 Å². The van der Waals surface area contributed by atoms with Gasteiger partial charge in [-0.15, -0.1) is 24.0 Å². The molecule has 0 unspecified atom stereocenters. The first-order valence-electron chi connectivity index (χ1n) is 9.19. The summed E-state index contributed by atoms with van der Waals surface area (Å²) in [7, 11) is -4.00. The van der Waals surface area contributed by atoms with Crippen molar-refractivity contribution < 1.29 is 22.8 Å². The lowest BCUT2D eigenvalue weighted by Crippen LogP contribution is -2.43. The number of aryl methyl sites for hydroxylation is 1. The van der Waals surface area contributed by atoms with Gasteiger partial charge in [0.1, 0.15) is 10.0 Å². The quantitative estimate of drug-likeness (QED) is 0.383. The second-order valence-corrected chi connectivity index (χ2v) is 10.6. The highest BCUT2D eigenvalue weighted by atomic mass is 32.2. The SMILES string of the molecule is Cc1ccc(S(=O)(=O)NC(=O)Nc2ccc(N3C(=O)Cc4ccc(S)cc4C3=O)nc2)s1. The van der Waals surface area contributed by atoms with Crippen LogP contribution in [-0.2, 0) is 21.2 Å². The van der Waals surface area contributed by atoms with Gasteiger partial charge in [-0.1, -0.05) is 6.07 Å². The molecule has 0 bridgehead atoms. The van der Waals surface area contributed by atoms with E-state index in [4.69, 9.17) is 0 Å². The van der Waals surface area contributed by atoms with E-state index in [2.05, 4.69) is 22.9 Å². The number of fused-ring (bicyclic) bond motifs is 1. The van der Waals surface area contributed by atoms with Gasteiger partial charge in [0, 0.05) is 15.3 Å². The zero-order chi connectivity index (χ0) is 23.0. The molecule has 1 aliphatic heterocycles. The summed E-state index contributed by atoms with van der Waals surface area (Å²) in [4.78, 5) is 43.9. The summed E-state index contributed by atoms with van der Waals surface area (Å²) in [5, 5.41) is 2.36. The van der Waals surface area contributed by atoms with Crippen LogP contribution in [0.15, 0.2) is 57.8 Å². The number of sulfonamides is 1. The molecule has 0 saturated carbocycles. The number of anilines is 2. The summed E-state index contributed by atoms with van der Waals surface area (Å²) in [6, 6.07) is 9.87. The van der Waals surface area contributed by atoms with Gasteiger partial charge in [0.2, 0.25) is 5.91 Å². The number of benzene rings is 1. The Morgan fingerprint density at radius 2 is 1.94 bits per heavy atom. The van der Waals surface area contributed by atoms with Crippen molar-refractivity contribution in [3.8, 4) is 0 Å². The van der Waals surface area contributed by atoms with Crippen molar-refractivity contribution in [2.75, 3.05) is 10.2 Å². The van der Waals surface area contributed by atoms with Gasteiger partial charge in [-0.3, -0.25) is 9.59 Å². The fraction of sp³-hybridized carbons (Fsp3) is 0.100. The van der Waals surface area contributed by atoms with Crippen LogP contribution in [0.1, 0.15) is 20.8 Å². The predicted molar refractivity (Wildman–Crippen MR) is 122 cm³/mol. The highest BCUT2D eigenvalue weighted by molar-refractivity contribution is 7.92. The molecule has 9 nitrogen and oxygen atoms in total. The summed E-state index contributed by atoms with van der Waals surface area (Å²) < 4.78 is 26.4. The molecule has 4 rings (SSSR count). The first-order valence-corrected chi connectivity index (χ1v) is 11.9. The second kappa shape index (κ2) is 8.37. The van der Waals surface area contributed by atoms with Crippen molar-refractivity contribution >= 4 is 63.3 Å². The Morgan fingerprint density at radius 3 is 2.59 bits per heavy atom. The molecule has 3 aromatic rings. The van der Waals surface area contributed by atoms with Crippen LogP contribution in [0, 0.1) is 6.92 Å². The van der Waals surface area contributed by atoms with E-state index in [-0.39, 0.29) is 22.1 Å². The number of nitrogens with one attached hydrogen (secondary N) is 2. The summed E-state index contributed by atoms with van der Waals surface area (Å²) in [6.45, 7) is 1.75. The zero-order valence-corrected chi connectivity index (χ0v) is 19.1. The Hall–Kier alpha value is -3.22. The molecule has 2 aromatic heterocycles. The van der Waals surface area contributed by atoms with E-state index in [1.54, 1.807) is 31.2 Å². The normalized spacial score (nSPS) is 13.6. The Balaban J connectivity index is 1.48. The third-order valence-electron chi connectivity index (χ3n) is 4.56. The molecule has 0 atom stereocenters. The number of carbonyl (C=O) groups excluding carboxylic acids is 3. The molecule has 0 fully saturated rings. The largest absolute Gasteiger partial charge is 0.333 e. The minimum absolute atomic E-state index is 0.0189. The van der Waals surface area contributed by atoms with Gasteiger partial charge in [-0.05, 0) is 48.9 Å². The number of hydrogen-bond acceptors (Lipinski definition) is 8. The molecule has 1 aromatic carbocycles. The van der Waals surface area contributed by atoms with E-state index in [1.165, 1.54) is 24.4 Å². The van der Waals surface area contributed by atoms with Crippen LogP contribution >= 0.6 is 24.0 Å². The van der Waals surface area contributed by atoms with Crippen LogP contribution in [0.2, 0.25) is 0 Å². The molecule has 0 spiro atoms. The fourth-order valence-corrected chi connectivity index (χ4v) is 5.50. The maximum atomic E-state index is 12.8. The van der Waals surface area contributed by atoms with Crippen LogP contribution < -0.4 is 14.9 Å². The smallest absolute Gasteiger partial charge is 0.306 e. The lowest BCUT2D eigenvalue weighted by molar-refractivity contribution is -0.117. The first kappa shape index (κ1) is 22.0. The van der Waals surface area contributed by atoms with E-state index in [0.29, 0.717) is 16.0 Å². The summed E-state index contributed by atoms with van der Waals surface area (Å²) in [5.41, 5.74) is 1.17. The topological polar surface area (TPSA) is 126 Å². The van der Waals surface area contributed by atoms with Crippen molar-refractivity contribution in [1.29, 1.82) is 0 Å². The molecule has 164 valence electrons. The molecule has 32 heavy (non-hydrogen) atoms. The molecule has 0 radical (unpaired) electrons. The van der Waals surface area contributed by atoms with E-state index in [9.17, 15) is 22.8 Å². The summed E-state index contributed by atoms with van der Waals surface area (Å²) in [6.07, 6.45) is 1.27. The number of pyridine rings is 1. The van der Waals surface area contributed by atoms with E-state index in [1.807, 2.05) is 4.72 Å². The maximum absolute atomic E-state index is 12.8. The van der Waals surface area contributed by atoms with Crippen molar-refractivity contribution in [2.24, 2.45) is 0 Å². The number of carbonyl (C=O) groups is 3. The Labute approximate surface area is 192 Å². The molecule has 3 heterocycles. The van der Waals surface area contributed by atoms with Crippen LogP contribution in [-0.4, -0.2) is 31.2 Å². The van der Waals surface area contributed by atoms with Crippen molar-refractivity contribution in [3.63, 3.8) is 0 Å². The second-order valence-electron chi connectivity index (χ2n) is 6.88. The monoisotopic (exact) mass is 488 g/mol. The van der Waals surface area contributed by atoms with Gasteiger partial charge in [-0.25, -0.2) is 27.8 Å².